The first-order valence-corrected chi connectivity index (χ1v) is 8.58. The van der Waals surface area contributed by atoms with Gasteiger partial charge in [0.05, 0.1) is 5.56 Å². The minimum atomic E-state index is -0.991. The number of hydrogen-bond donors (Lipinski definition) is 2. The fourth-order valence-electron chi connectivity index (χ4n) is 2.90. The van der Waals surface area contributed by atoms with Gasteiger partial charge >= 0.3 is 17.6 Å². The summed E-state index contributed by atoms with van der Waals surface area (Å²) in [5, 5.41) is 18.5. The molecule has 0 aliphatic heterocycles. The molecule has 0 aliphatic rings. The van der Waals surface area contributed by atoms with E-state index >= 15 is 0 Å². The summed E-state index contributed by atoms with van der Waals surface area (Å²) in [6.45, 7) is 1.99. The van der Waals surface area contributed by atoms with Crippen LogP contribution in [0.3, 0.4) is 0 Å². The van der Waals surface area contributed by atoms with Crippen molar-refractivity contribution in [1.29, 1.82) is 0 Å². The van der Waals surface area contributed by atoms with Crippen molar-refractivity contribution in [3.63, 3.8) is 0 Å². The van der Waals surface area contributed by atoms with Gasteiger partial charge < -0.3 is 19.4 Å². The zero-order valence-corrected chi connectivity index (χ0v) is 15.1. The average molecular weight is 382 g/mol. The Balaban J connectivity index is 1.80. The van der Waals surface area contributed by atoms with E-state index in [0.717, 1.165) is 10.9 Å². The molecule has 0 bridgehead atoms. The van der Waals surface area contributed by atoms with E-state index in [0.29, 0.717) is 22.5 Å². The van der Waals surface area contributed by atoms with Crippen LogP contribution in [0.15, 0.2) is 51.7 Å². The molecule has 144 valence electrons. The average Bonchev–Trinajstić information content (AvgIpc) is 2.66. The van der Waals surface area contributed by atoms with Gasteiger partial charge in [-0.1, -0.05) is 12.1 Å². The number of benzene rings is 2. The highest BCUT2D eigenvalue weighted by Crippen LogP contribution is 2.25. The lowest BCUT2D eigenvalue weighted by atomic mass is 10.0. The highest BCUT2D eigenvalue weighted by atomic mass is 16.5. The van der Waals surface area contributed by atoms with Crippen LogP contribution < -0.4 is 10.4 Å². The van der Waals surface area contributed by atoms with E-state index < -0.39 is 17.6 Å². The van der Waals surface area contributed by atoms with E-state index in [1.54, 1.807) is 37.3 Å². The normalized spacial score (nSPS) is 10.8. The number of fused-ring (bicyclic) bond motifs is 1. The number of aliphatic carboxylic acids is 1. The Morgan fingerprint density at radius 2 is 1.79 bits per heavy atom. The lowest BCUT2D eigenvalue weighted by Gasteiger charge is -2.10. The topological polar surface area (TPSA) is 114 Å². The smallest absolute Gasteiger partial charge is 0.339 e. The summed E-state index contributed by atoms with van der Waals surface area (Å²) in [5.74, 6) is -1.47. The summed E-state index contributed by atoms with van der Waals surface area (Å²) < 4.78 is 11.0. The lowest BCUT2D eigenvalue weighted by molar-refractivity contribution is -0.136. The van der Waals surface area contributed by atoms with Crippen molar-refractivity contribution in [3.05, 3.63) is 75.1 Å². The van der Waals surface area contributed by atoms with Crippen molar-refractivity contribution in [2.45, 2.75) is 26.4 Å². The van der Waals surface area contributed by atoms with Gasteiger partial charge in [0.25, 0.3) is 0 Å². The summed E-state index contributed by atoms with van der Waals surface area (Å²) in [4.78, 5) is 33.8. The van der Waals surface area contributed by atoms with E-state index in [9.17, 15) is 14.4 Å². The minimum absolute atomic E-state index is 0.115. The molecule has 7 heteroatoms. The second kappa shape index (κ2) is 7.96. The minimum Gasteiger partial charge on any atom is -0.489 e. The van der Waals surface area contributed by atoms with Crippen LogP contribution in [0.1, 0.15) is 33.5 Å². The second-order valence-corrected chi connectivity index (χ2v) is 6.34. The molecule has 0 spiro atoms. The highest BCUT2D eigenvalue weighted by molar-refractivity contribution is 5.87. The highest BCUT2D eigenvalue weighted by Gasteiger charge is 2.13. The molecule has 0 radical (unpaired) electrons. The van der Waals surface area contributed by atoms with Gasteiger partial charge in [-0.3, -0.25) is 4.79 Å². The largest absolute Gasteiger partial charge is 0.489 e. The molecule has 0 aliphatic carbocycles. The third-order valence-corrected chi connectivity index (χ3v) is 4.45. The Labute approximate surface area is 159 Å². The molecule has 1 heterocycles. The predicted octanol–water partition coefficient (Wildman–Crippen LogP) is 3.40. The summed E-state index contributed by atoms with van der Waals surface area (Å²) in [6, 6.07) is 11.5. The standard InChI is InChI=1S/C21H18O7/c1-12-16-7-6-15(27-11-13-2-4-14(5-3-13)20(24)25)10-18(16)28-21(26)17(12)8-9-19(22)23/h2-7,10H,8-9,11H2,1H3,(H,22,23)(H,24,25). The molecule has 2 aromatic carbocycles. The van der Waals surface area contributed by atoms with Crippen molar-refractivity contribution >= 4 is 22.9 Å². The monoisotopic (exact) mass is 382 g/mol. The quantitative estimate of drug-likeness (QED) is 0.602. The number of hydrogen-bond acceptors (Lipinski definition) is 5. The molecule has 28 heavy (non-hydrogen) atoms. The Hall–Kier alpha value is -3.61. The number of carboxylic acid groups (broad SMARTS) is 2. The number of aromatic carboxylic acids is 1. The Morgan fingerprint density at radius 1 is 1.07 bits per heavy atom. The summed E-state index contributed by atoms with van der Waals surface area (Å²) in [6.07, 6.45) is -0.0248. The summed E-state index contributed by atoms with van der Waals surface area (Å²) in [5.41, 5.74) is 1.87. The fourth-order valence-corrected chi connectivity index (χ4v) is 2.90. The zero-order valence-electron chi connectivity index (χ0n) is 15.1. The van der Waals surface area contributed by atoms with Crippen molar-refractivity contribution < 1.29 is 29.0 Å². The third kappa shape index (κ3) is 4.20. The van der Waals surface area contributed by atoms with Crippen molar-refractivity contribution in [3.8, 4) is 5.75 Å². The molecular weight excluding hydrogens is 364 g/mol. The maximum atomic E-state index is 12.2. The Bertz CT molecular complexity index is 1090. The van der Waals surface area contributed by atoms with Crippen LogP contribution >= 0.6 is 0 Å². The van der Waals surface area contributed by atoms with E-state index in [1.165, 1.54) is 12.1 Å². The van der Waals surface area contributed by atoms with Crippen LogP contribution in [0.25, 0.3) is 11.0 Å². The SMILES string of the molecule is Cc1c(CCC(=O)O)c(=O)oc2cc(OCc3ccc(C(=O)O)cc3)ccc12. The number of carbonyl (C=O) groups is 2. The number of rotatable bonds is 7. The van der Waals surface area contributed by atoms with Gasteiger partial charge in [0.15, 0.2) is 0 Å². The first-order valence-electron chi connectivity index (χ1n) is 8.58. The zero-order chi connectivity index (χ0) is 20.3. The summed E-state index contributed by atoms with van der Waals surface area (Å²) >= 11 is 0. The van der Waals surface area contributed by atoms with Crippen LogP contribution in [0.5, 0.6) is 5.75 Å². The van der Waals surface area contributed by atoms with Crippen LogP contribution in [0, 0.1) is 6.92 Å². The van der Waals surface area contributed by atoms with Gasteiger partial charge in [-0.15, -0.1) is 0 Å². The second-order valence-electron chi connectivity index (χ2n) is 6.34. The molecule has 0 saturated carbocycles. The van der Waals surface area contributed by atoms with E-state index in [2.05, 4.69) is 0 Å². The molecule has 7 nitrogen and oxygen atoms in total. The lowest BCUT2D eigenvalue weighted by Crippen LogP contribution is -2.12. The molecule has 0 saturated heterocycles. The van der Waals surface area contributed by atoms with Gasteiger partial charge in [-0.25, -0.2) is 9.59 Å². The molecule has 0 atom stereocenters. The van der Waals surface area contributed by atoms with Crippen LogP contribution in [-0.4, -0.2) is 22.2 Å². The van der Waals surface area contributed by atoms with E-state index in [1.807, 2.05) is 0 Å². The van der Waals surface area contributed by atoms with Gasteiger partial charge in [0.1, 0.15) is 17.9 Å². The molecule has 3 rings (SSSR count). The third-order valence-electron chi connectivity index (χ3n) is 4.45. The van der Waals surface area contributed by atoms with Crippen LogP contribution in [0.4, 0.5) is 0 Å². The summed E-state index contributed by atoms with van der Waals surface area (Å²) in [7, 11) is 0. The van der Waals surface area contributed by atoms with Gasteiger partial charge in [-0.2, -0.15) is 0 Å². The van der Waals surface area contributed by atoms with E-state index in [4.69, 9.17) is 19.4 Å². The number of aryl methyl sites for hydroxylation is 1. The Kier molecular flexibility index (Phi) is 5.44. The van der Waals surface area contributed by atoms with Crippen LogP contribution in [-0.2, 0) is 17.8 Å². The van der Waals surface area contributed by atoms with Gasteiger partial charge in [-0.05, 0) is 48.7 Å². The number of carboxylic acids is 2. The molecule has 2 N–H and O–H groups in total. The maximum Gasteiger partial charge on any atom is 0.339 e. The maximum absolute atomic E-state index is 12.2. The number of ether oxygens (including phenoxy) is 1. The first kappa shape index (κ1) is 19.2. The molecule has 0 amide bonds. The van der Waals surface area contributed by atoms with Crippen molar-refractivity contribution in [2.75, 3.05) is 0 Å². The fraction of sp³-hybridized carbons (Fsp3) is 0.190. The molecular formula is C21H18O7. The molecule has 0 unspecified atom stereocenters. The Morgan fingerprint density at radius 3 is 2.43 bits per heavy atom. The van der Waals surface area contributed by atoms with Crippen LogP contribution in [0.2, 0.25) is 0 Å². The van der Waals surface area contributed by atoms with Gasteiger partial charge in [0.2, 0.25) is 0 Å². The van der Waals surface area contributed by atoms with Crippen molar-refractivity contribution in [1.82, 2.24) is 0 Å². The molecule has 1 aromatic heterocycles. The first-order chi connectivity index (χ1) is 13.3. The predicted molar refractivity (Wildman–Crippen MR) is 101 cm³/mol. The molecule has 0 fully saturated rings. The molecule has 3 aromatic rings. The van der Waals surface area contributed by atoms with Crippen molar-refractivity contribution in [2.24, 2.45) is 0 Å². The van der Waals surface area contributed by atoms with Gasteiger partial charge in [0, 0.05) is 23.4 Å². The van der Waals surface area contributed by atoms with E-state index in [-0.39, 0.29) is 25.0 Å².